The lowest BCUT2D eigenvalue weighted by molar-refractivity contribution is 0.178. The van der Waals surface area contributed by atoms with E-state index in [9.17, 15) is 4.39 Å². The van der Waals surface area contributed by atoms with Crippen LogP contribution in [0.3, 0.4) is 0 Å². The first kappa shape index (κ1) is 14.4. The van der Waals surface area contributed by atoms with Crippen molar-refractivity contribution in [3.8, 4) is 5.75 Å². The van der Waals surface area contributed by atoms with Gasteiger partial charge in [-0.25, -0.2) is 9.37 Å². The van der Waals surface area contributed by atoms with Crippen molar-refractivity contribution in [2.24, 2.45) is 0 Å². The molecule has 2 aromatic heterocycles. The summed E-state index contributed by atoms with van der Waals surface area (Å²) in [6, 6.07) is 8.87. The highest BCUT2D eigenvalue weighted by atomic mass is 32.1. The normalized spacial score (nSPS) is 18.3. The molecule has 3 heterocycles. The first-order chi connectivity index (χ1) is 11.3. The lowest BCUT2D eigenvalue weighted by Crippen LogP contribution is -2.41. The number of piperidine rings is 1. The number of benzene rings is 1. The number of ether oxygens (including phenoxy) is 1. The monoisotopic (exact) mass is 329 g/mol. The van der Waals surface area contributed by atoms with Crippen LogP contribution in [0, 0.1) is 5.82 Å². The molecule has 0 saturated carbocycles. The van der Waals surface area contributed by atoms with Gasteiger partial charge in [0.15, 0.2) is 5.13 Å². The zero-order valence-corrected chi connectivity index (χ0v) is 13.3. The van der Waals surface area contributed by atoms with Crippen LogP contribution in [-0.4, -0.2) is 29.2 Å². The zero-order valence-electron chi connectivity index (χ0n) is 12.5. The fourth-order valence-electron chi connectivity index (χ4n) is 2.86. The highest BCUT2D eigenvalue weighted by Crippen LogP contribution is 2.32. The van der Waals surface area contributed by atoms with E-state index in [0.29, 0.717) is 5.52 Å². The number of nitrogens with zero attached hydrogens (tertiary/aromatic N) is 3. The average Bonchev–Trinajstić information content (AvgIpc) is 3.02. The van der Waals surface area contributed by atoms with Crippen molar-refractivity contribution < 1.29 is 9.13 Å². The first-order valence-corrected chi connectivity index (χ1v) is 8.48. The SMILES string of the molecule is Fc1cccc2sc(N3CCCC(Oc4cccnc4)C3)nc12. The zero-order chi connectivity index (χ0) is 15.6. The molecule has 0 N–H and O–H groups in total. The van der Waals surface area contributed by atoms with Crippen LogP contribution in [0.25, 0.3) is 10.2 Å². The number of thiazole rings is 1. The molecule has 1 aliphatic rings. The fourth-order valence-corrected chi connectivity index (χ4v) is 3.87. The summed E-state index contributed by atoms with van der Waals surface area (Å²) < 4.78 is 20.7. The van der Waals surface area contributed by atoms with Crippen molar-refractivity contribution >= 4 is 26.7 Å². The summed E-state index contributed by atoms with van der Waals surface area (Å²) in [5.41, 5.74) is 0.461. The summed E-state index contributed by atoms with van der Waals surface area (Å²) >= 11 is 1.53. The van der Waals surface area contributed by atoms with E-state index < -0.39 is 0 Å². The van der Waals surface area contributed by atoms with Crippen molar-refractivity contribution in [1.29, 1.82) is 0 Å². The Bertz CT molecular complexity index is 808. The average molecular weight is 329 g/mol. The molecular weight excluding hydrogens is 313 g/mol. The maximum Gasteiger partial charge on any atom is 0.186 e. The Labute approximate surface area is 137 Å². The maximum absolute atomic E-state index is 13.8. The van der Waals surface area contributed by atoms with Gasteiger partial charge in [0, 0.05) is 12.7 Å². The summed E-state index contributed by atoms with van der Waals surface area (Å²) in [6.45, 7) is 1.69. The molecule has 1 unspecified atom stereocenters. The number of fused-ring (bicyclic) bond motifs is 1. The number of hydrogen-bond donors (Lipinski definition) is 0. The van der Waals surface area contributed by atoms with Crippen LogP contribution in [0.5, 0.6) is 5.75 Å². The van der Waals surface area contributed by atoms with Gasteiger partial charge in [0.05, 0.1) is 17.4 Å². The predicted molar refractivity (Wildman–Crippen MR) is 89.7 cm³/mol. The summed E-state index contributed by atoms with van der Waals surface area (Å²) in [5.74, 6) is 0.528. The Morgan fingerprint density at radius 3 is 3.04 bits per heavy atom. The van der Waals surface area contributed by atoms with E-state index in [0.717, 1.165) is 41.5 Å². The van der Waals surface area contributed by atoms with Crippen LogP contribution in [0.2, 0.25) is 0 Å². The number of para-hydroxylation sites is 1. The van der Waals surface area contributed by atoms with Gasteiger partial charge in [0.1, 0.15) is 23.2 Å². The molecule has 0 spiro atoms. The second-order valence-corrected chi connectivity index (χ2v) is 6.61. The van der Waals surface area contributed by atoms with Crippen molar-refractivity contribution in [2.75, 3.05) is 18.0 Å². The number of hydrogen-bond acceptors (Lipinski definition) is 5. The van der Waals surface area contributed by atoms with Crippen LogP contribution in [0.1, 0.15) is 12.8 Å². The minimum atomic E-state index is -0.259. The molecular formula is C17H16FN3OS. The highest BCUT2D eigenvalue weighted by molar-refractivity contribution is 7.22. The number of halogens is 1. The molecule has 1 fully saturated rings. The number of pyridine rings is 1. The van der Waals surface area contributed by atoms with Crippen molar-refractivity contribution in [1.82, 2.24) is 9.97 Å². The Morgan fingerprint density at radius 1 is 1.26 bits per heavy atom. The Kier molecular flexibility index (Phi) is 3.83. The molecule has 3 aromatic rings. The molecule has 4 rings (SSSR count). The summed E-state index contributed by atoms with van der Waals surface area (Å²) in [7, 11) is 0. The molecule has 0 bridgehead atoms. The van der Waals surface area contributed by atoms with Crippen LogP contribution < -0.4 is 9.64 Å². The largest absolute Gasteiger partial charge is 0.487 e. The molecule has 1 aliphatic heterocycles. The van der Waals surface area contributed by atoms with E-state index in [2.05, 4.69) is 14.9 Å². The number of anilines is 1. The van der Waals surface area contributed by atoms with Gasteiger partial charge >= 0.3 is 0 Å². The fraction of sp³-hybridized carbons (Fsp3) is 0.294. The maximum atomic E-state index is 13.8. The molecule has 118 valence electrons. The third-order valence-electron chi connectivity index (χ3n) is 3.94. The molecule has 1 aromatic carbocycles. The van der Waals surface area contributed by atoms with Crippen LogP contribution >= 0.6 is 11.3 Å². The quantitative estimate of drug-likeness (QED) is 0.731. The second kappa shape index (κ2) is 6.12. The molecule has 1 atom stereocenters. The molecule has 0 radical (unpaired) electrons. The predicted octanol–water partition coefficient (Wildman–Crippen LogP) is 3.88. The Morgan fingerprint density at radius 2 is 2.22 bits per heavy atom. The van der Waals surface area contributed by atoms with Gasteiger partial charge in [-0.15, -0.1) is 0 Å². The molecule has 6 heteroatoms. The molecule has 0 amide bonds. The van der Waals surface area contributed by atoms with Crippen LogP contribution in [0.15, 0.2) is 42.7 Å². The van der Waals surface area contributed by atoms with Crippen molar-refractivity contribution in [3.63, 3.8) is 0 Å². The second-order valence-electron chi connectivity index (χ2n) is 5.60. The summed E-state index contributed by atoms with van der Waals surface area (Å²) in [6.07, 6.45) is 5.60. The smallest absolute Gasteiger partial charge is 0.186 e. The van der Waals surface area contributed by atoms with Crippen molar-refractivity contribution in [2.45, 2.75) is 18.9 Å². The number of aromatic nitrogens is 2. The van der Waals surface area contributed by atoms with Gasteiger partial charge in [0.2, 0.25) is 0 Å². The van der Waals surface area contributed by atoms with Crippen LogP contribution in [-0.2, 0) is 0 Å². The van der Waals surface area contributed by atoms with Gasteiger partial charge in [-0.3, -0.25) is 4.98 Å². The van der Waals surface area contributed by atoms with Gasteiger partial charge in [0.25, 0.3) is 0 Å². The molecule has 1 saturated heterocycles. The van der Waals surface area contributed by atoms with E-state index in [1.807, 2.05) is 18.2 Å². The third kappa shape index (κ3) is 2.99. The lowest BCUT2D eigenvalue weighted by Gasteiger charge is -2.32. The first-order valence-electron chi connectivity index (χ1n) is 7.66. The van der Waals surface area contributed by atoms with E-state index in [1.165, 1.54) is 17.4 Å². The van der Waals surface area contributed by atoms with Gasteiger partial charge in [-0.05, 0) is 37.1 Å². The van der Waals surface area contributed by atoms with E-state index in [4.69, 9.17) is 4.74 Å². The van der Waals surface area contributed by atoms with Crippen molar-refractivity contribution in [3.05, 3.63) is 48.5 Å². The lowest BCUT2D eigenvalue weighted by atomic mass is 10.1. The van der Waals surface area contributed by atoms with E-state index in [-0.39, 0.29) is 11.9 Å². The number of rotatable bonds is 3. The molecule has 0 aliphatic carbocycles. The van der Waals surface area contributed by atoms with E-state index >= 15 is 0 Å². The Hall–Kier alpha value is -2.21. The van der Waals surface area contributed by atoms with Gasteiger partial charge in [-0.1, -0.05) is 17.4 Å². The third-order valence-corrected chi connectivity index (χ3v) is 5.03. The van der Waals surface area contributed by atoms with E-state index in [1.54, 1.807) is 18.5 Å². The highest BCUT2D eigenvalue weighted by Gasteiger charge is 2.24. The minimum absolute atomic E-state index is 0.102. The summed E-state index contributed by atoms with van der Waals surface area (Å²) in [4.78, 5) is 10.7. The van der Waals surface area contributed by atoms with Gasteiger partial charge < -0.3 is 9.64 Å². The Balaban J connectivity index is 1.53. The standard InChI is InChI=1S/C17H16FN3OS/c18-14-6-1-7-15-16(14)20-17(23-15)21-9-3-5-13(11-21)22-12-4-2-8-19-10-12/h1-2,4,6-8,10,13H,3,5,9,11H2. The topological polar surface area (TPSA) is 38.2 Å². The van der Waals surface area contributed by atoms with Crippen LogP contribution in [0.4, 0.5) is 9.52 Å². The molecule has 23 heavy (non-hydrogen) atoms. The minimum Gasteiger partial charge on any atom is -0.487 e. The summed E-state index contributed by atoms with van der Waals surface area (Å²) in [5, 5.41) is 0.865. The van der Waals surface area contributed by atoms with Gasteiger partial charge in [-0.2, -0.15) is 0 Å². The molecule has 4 nitrogen and oxygen atoms in total.